The van der Waals surface area contributed by atoms with Crippen molar-refractivity contribution in [3.05, 3.63) is 101 Å². The average molecular weight is 581 g/mol. The lowest BCUT2D eigenvalue weighted by molar-refractivity contribution is -0.146. The van der Waals surface area contributed by atoms with Gasteiger partial charge in [-0.05, 0) is 104 Å². The first-order valence-corrected chi connectivity index (χ1v) is 15.2. The van der Waals surface area contributed by atoms with E-state index in [1.165, 1.54) is 18.6 Å². The van der Waals surface area contributed by atoms with Crippen LogP contribution in [0, 0.1) is 24.7 Å². The number of rotatable bonds is 12. The van der Waals surface area contributed by atoms with Crippen LogP contribution in [-0.2, 0) is 22.3 Å². The van der Waals surface area contributed by atoms with E-state index in [1.807, 2.05) is 43.3 Å². The first-order chi connectivity index (χ1) is 20.1. The number of halogens is 3. The van der Waals surface area contributed by atoms with Crippen LogP contribution in [-0.4, -0.2) is 12.6 Å². The third-order valence-corrected chi connectivity index (χ3v) is 8.33. The van der Waals surface area contributed by atoms with Gasteiger partial charge in [0, 0.05) is 12.3 Å². The fraction of sp³-hybridized carbons (Fsp3) is 0.472. The minimum absolute atomic E-state index is 0.0137. The summed E-state index contributed by atoms with van der Waals surface area (Å²) in [5.41, 5.74) is 3.42. The molecule has 1 saturated carbocycles. The highest BCUT2D eigenvalue weighted by Crippen LogP contribution is 2.35. The van der Waals surface area contributed by atoms with Crippen molar-refractivity contribution in [2.24, 2.45) is 17.8 Å². The average Bonchev–Trinajstić information content (AvgIpc) is 2.94. The molecule has 1 aliphatic carbocycles. The van der Waals surface area contributed by atoms with Gasteiger partial charge >= 0.3 is 12.1 Å². The molecule has 42 heavy (non-hydrogen) atoms. The highest BCUT2D eigenvalue weighted by Gasteiger charge is 2.30. The second-order valence-electron chi connectivity index (χ2n) is 12.2. The van der Waals surface area contributed by atoms with Crippen molar-refractivity contribution in [3.8, 4) is 5.75 Å². The highest BCUT2D eigenvalue weighted by molar-refractivity contribution is 5.69. The zero-order chi connectivity index (χ0) is 30.1. The van der Waals surface area contributed by atoms with E-state index in [1.54, 1.807) is 12.1 Å². The van der Waals surface area contributed by atoms with Gasteiger partial charge in [0.15, 0.2) is 0 Å². The molecule has 0 aromatic heterocycles. The van der Waals surface area contributed by atoms with Gasteiger partial charge in [-0.1, -0.05) is 67.9 Å². The first-order valence-electron chi connectivity index (χ1n) is 15.2. The van der Waals surface area contributed by atoms with Crippen LogP contribution < -0.4 is 4.74 Å². The van der Waals surface area contributed by atoms with Crippen LogP contribution in [0.25, 0.3) is 0 Å². The van der Waals surface area contributed by atoms with Crippen molar-refractivity contribution in [1.29, 1.82) is 0 Å². The second kappa shape index (κ2) is 14.8. The summed E-state index contributed by atoms with van der Waals surface area (Å²) in [5.74, 6) is 2.42. The van der Waals surface area contributed by atoms with E-state index in [4.69, 9.17) is 9.47 Å². The van der Waals surface area contributed by atoms with Crippen molar-refractivity contribution in [1.82, 2.24) is 0 Å². The molecule has 3 aromatic carbocycles. The molecule has 3 nitrogen and oxygen atoms in total. The maximum atomic E-state index is 13.1. The number of hydrogen-bond acceptors (Lipinski definition) is 3. The second-order valence-corrected chi connectivity index (χ2v) is 12.2. The standard InChI is InChI=1S/C36H43F3O3/c1-25-7-11-30(12-8-25)34(31-13-15-32(16-14-31)36(37,38)39)6-4-5-19-41-33-17-9-28(10-18-33)24-42-35(40)23-29-21-26(2)20-27(3)22-29/h7-18,26-27,29,34H,4-6,19-24H2,1-3H3. The molecule has 0 spiro atoms. The molecule has 0 bridgehead atoms. The van der Waals surface area contributed by atoms with Crippen molar-refractivity contribution in [2.75, 3.05) is 6.61 Å². The summed E-state index contributed by atoms with van der Waals surface area (Å²) < 4.78 is 50.7. The Hall–Kier alpha value is -3.28. The van der Waals surface area contributed by atoms with Gasteiger partial charge in [0.1, 0.15) is 12.4 Å². The molecule has 0 saturated heterocycles. The number of alkyl halides is 3. The van der Waals surface area contributed by atoms with E-state index in [-0.39, 0.29) is 18.5 Å². The number of hydrogen-bond donors (Lipinski definition) is 0. The van der Waals surface area contributed by atoms with Gasteiger partial charge < -0.3 is 9.47 Å². The van der Waals surface area contributed by atoms with Gasteiger partial charge in [-0.15, -0.1) is 0 Å². The maximum Gasteiger partial charge on any atom is 0.416 e. The van der Waals surface area contributed by atoms with Gasteiger partial charge in [-0.3, -0.25) is 4.79 Å². The van der Waals surface area contributed by atoms with Gasteiger partial charge in [0.05, 0.1) is 12.2 Å². The van der Waals surface area contributed by atoms with Crippen LogP contribution in [0.2, 0.25) is 0 Å². The predicted octanol–water partition coefficient (Wildman–Crippen LogP) is 9.90. The Kier molecular flexibility index (Phi) is 11.1. The molecule has 1 fully saturated rings. The Balaban J connectivity index is 1.22. The van der Waals surface area contributed by atoms with Crippen LogP contribution in [0.1, 0.15) is 92.5 Å². The van der Waals surface area contributed by atoms with Crippen molar-refractivity contribution in [3.63, 3.8) is 0 Å². The van der Waals surface area contributed by atoms with Crippen molar-refractivity contribution >= 4 is 5.97 Å². The van der Waals surface area contributed by atoms with Gasteiger partial charge in [-0.25, -0.2) is 0 Å². The number of unbranched alkanes of at least 4 members (excludes halogenated alkanes) is 1. The summed E-state index contributed by atoms with van der Waals surface area (Å²) in [6.45, 7) is 7.36. The molecule has 0 N–H and O–H groups in total. The minimum atomic E-state index is -4.34. The van der Waals surface area contributed by atoms with Gasteiger partial charge in [-0.2, -0.15) is 13.2 Å². The summed E-state index contributed by atoms with van der Waals surface area (Å²) >= 11 is 0. The van der Waals surface area contributed by atoms with Crippen molar-refractivity contribution < 1.29 is 27.4 Å². The summed E-state index contributed by atoms with van der Waals surface area (Å²) in [6, 6.07) is 21.4. The fourth-order valence-corrected chi connectivity index (χ4v) is 6.29. The molecule has 3 aromatic rings. The van der Waals surface area contributed by atoms with Crippen LogP contribution in [0.5, 0.6) is 5.75 Å². The molecule has 226 valence electrons. The van der Waals surface area contributed by atoms with Gasteiger partial charge in [0.25, 0.3) is 0 Å². The van der Waals surface area contributed by atoms with E-state index in [0.29, 0.717) is 30.8 Å². The van der Waals surface area contributed by atoms with E-state index in [2.05, 4.69) is 26.0 Å². The summed E-state index contributed by atoms with van der Waals surface area (Å²) in [4.78, 5) is 12.4. The van der Waals surface area contributed by atoms with E-state index >= 15 is 0 Å². The lowest BCUT2D eigenvalue weighted by atomic mass is 9.75. The Bertz CT molecular complexity index is 1240. The molecular formula is C36H43F3O3. The topological polar surface area (TPSA) is 35.5 Å². The number of carbonyl (C=O) groups excluding carboxylic acids is 1. The molecule has 0 amide bonds. The molecule has 3 unspecified atom stereocenters. The van der Waals surface area contributed by atoms with E-state index in [0.717, 1.165) is 60.1 Å². The third kappa shape index (κ3) is 9.64. The highest BCUT2D eigenvalue weighted by atomic mass is 19.4. The molecule has 6 heteroatoms. The summed E-state index contributed by atoms with van der Waals surface area (Å²) in [7, 11) is 0. The molecule has 3 atom stereocenters. The first kappa shape index (κ1) is 31.7. The number of esters is 1. The molecule has 0 heterocycles. The quantitative estimate of drug-likeness (QED) is 0.158. The molecular weight excluding hydrogens is 537 g/mol. The smallest absolute Gasteiger partial charge is 0.416 e. The zero-order valence-corrected chi connectivity index (χ0v) is 25.0. The van der Waals surface area contributed by atoms with Crippen molar-refractivity contribution in [2.45, 2.75) is 84.4 Å². The third-order valence-electron chi connectivity index (χ3n) is 8.33. The normalized spacial score (nSPS) is 19.7. The predicted molar refractivity (Wildman–Crippen MR) is 160 cm³/mol. The SMILES string of the molecule is Cc1ccc(C(CCCCOc2ccc(COC(=O)CC3CC(C)CC(C)C3)cc2)c2ccc(C(F)(F)F)cc2)cc1. The number of carbonyl (C=O) groups is 1. The summed E-state index contributed by atoms with van der Waals surface area (Å²) in [5, 5.41) is 0. The van der Waals surface area contributed by atoms with Crippen LogP contribution in [0.4, 0.5) is 13.2 Å². The Morgan fingerprint density at radius 1 is 0.833 bits per heavy atom. The molecule has 1 aliphatic rings. The largest absolute Gasteiger partial charge is 0.494 e. The van der Waals surface area contributed by atoms with E-state index in [9.17, 15) is 18.0 Å². The Labute approximate surface area is 248 Å². The lowest BCUT2D eigenvalue weighted by Crippen LogP contribution is -2.22. The van der Waals surface area contributed by atoms with Crippen LogP contribution in [0.15, 0.2) is 72.8 Å². The zero-order valence-electron chi connectivity index (χ0n) is 25.0. The van der Waals surface area contributed by atoms with Crippen LogP contribution in [0.3, 0.4) is 0 Å². The molecule has 4 rings (SSSR count). The number of aryl methyl sites for hydroxylation is 1. The lowest BCUT2D eigenvalue weighted by Gasteiger charge is -2.30. The number of ether oxygens (including phenoxy) is 2. The van der Waals surface area contributed by atoms with E-state index < -0.39 is 11.7 Å². The van der Waals surface area contributed by atoms with Gasteiger partial charge in [0.2, 0.25) is 0 Å². The maximum absolute atomic E-state index is 13.1. The summed E-state index contributed by atoms with van der Waals surface area (Å²) in [6.07, 6.45) is 2.11. The number of benzene rings is 3. The fourth-order valence-electron chi connectivity index (χ4n) is 6.29. The van der Waals surface area contributed by atoms with Crippen LogP contribution >= 0.6 is 0 Å². The monoisotopic (exact) mass is 580 g/mol. The minimum Gasteiger partial charge on any atom is -0.494 e. The molecule has 0 aliphatic heterocycles. The molecule has 0 radical (unpaired) electrons. The Morgan fingerprint density at radius 2 is 1.43 bits per heavy atom. The Morgan fingerprint density at radius 3 is 2.02 bits per heavy atom.